The monoisotopic (exact) mass is 424 g/mol. The van der Waals surface area contributed by atoms with Crippen molar-refractivity contribution in [1.82, 2.24) is 24.3 Å². The van der Waals surface area contributed by atoms with E-state index in [4.69, 9.17) is 4.74 Å². The van der Waals surface area contributed by atoms with Crippen molar-refractivity contribution >= 4 is 33.9 Å². The molecule has 0 spiro atoms. The number of carbonyl (C=O) groups is 1. The SMILES string of the molecule is C[S+]([O-])c1ncc2c(=O)n3n(c2n1)-c1ccc2c(n1)N(CCCC#CC3)C(=O)CO2. The molecule has 5 heterocycles. The number of anilines is 1. The van der Waals surface area contributed by atoms with Crippen LogP contribution in [0.1, 0.15) is 12.8 Å². The summed E-state index contributed by atoms with van der Waals surface area (Å²) >= 11 is -1.43. The van der Waals surface area contributed by atoms with Crippen molar-refractivity contribution in [3.8, 4) is 23.4 Å². The highest BCUT2D eigenvalue weighted by Crippen LogP contribution is 2.32. The van der Waals surface area contributed by atoms with Gasteiger partial charge in [-0.25, -0.2) is 14.3 Å². The predicted octanol–water partition coefficient (Wildman–Crippen LogP) is 0.237. The van der Waals surface area contributed by atoms with E-state index in [1.165, 1.54) is 21.8 Å². The first kappa shape index (κ1) is 18.7. The highest BCUT2D eigenvalue weighted by molar-refractivity contribution is 7.90. The minimum Gasteiger partial charge on any atom is -0.609 e. The van der Waals surface area contributed by atoms with Crippen molar-refractivity contribution in [2.75, 3.05) is 24.3 Å². The van der Waals surface area contributed by atoms with Gasteiger partial charge in [-0.05, 0) is 18.6 Å². The van der Waals surface area contributed by atoms with Crippen LogP contribution >= 0.6 is 0 Å². The Labute approximate surface area is 173 Å². The first-order valence-electron chi connectivity index (χ1n) is 9.27. The quantitative estimate of drug-likeness (QED) is 0.312. The molecule has 152 valence electrons. The Morgan fingerprint density at radius 3 is 2.93 bits per heavy atom. The Morgan fingerprint density at radius 2 is 2.10 bits per heavy atom. The summed E-state index contributed by atoms with van der Waals surface area (Å²) in [5.41, 5.74) is -0.0467. The van der Waals surface area contributed by atoms with Crippen molar-refractivity contribution in [2.45, 2.75) is 24.5 Å². The van der Waals surface area contributed by atoms with E-state index < -0.39 is 11.2 Å². The summed E-state index contributed by atoms with van der Waals surface area (Å²) in [7, 11) is 0. The highest BCUT2D eigenvalue weighted by atomic mass is 32.2. The maximum absolute atomic E-state index is 13.0. The van der Waals surface area contributed by atoms with Crippen LogP contribution in [0, 0.1) is 11.8 Å². The van der Waals surface area contributed by atoms with E-state index >= 15 is 0 Å². The minimum atomic E-state index is -1.43. The van der Waals surface area contributed by atoms with Crippen molar-refractivity contribution in [3.05, 3.63) is 28.7 Å². The Balaban J connectivity index is 1.82. The van der Waals surface area contributed by atoms with Crippen LogP contribution in [-0.4, -0.2) is 54.2 Å². The second kappa shape index (κ2) is 7.16. The fourth-order valence-electron chi connectivity index (χ4n) is 3.49. The molecule has 0 fully saturated rings. The summed E-state index contributed by atoms with van der Waals surface area (Å²) in [4.78, 5) is 40.1. The lowest BCUT2D eigenvalue weighted by atomic mass is 10.2. The molecule has 1 amide bonds. The molecule has 5 rings (SSSR count). The number of ether oxygens (including phenoxy) is 1. The van der Waals surface area contributed by atoms with Crippen LogP contribution in [0.2, 0.25) is 0 Å². The average Bonchev–Trinajstić information content (AvgIpc) is 3.01. The van der Waals surface area contributed by atoms with Gasteiger partial charge in [0.1, 0.15) is 18.2 Å². The van der Waals surface area contributed by atoms with Gasteiger partial charge in [-0.3, -0.25) is 14.5 Å². The molecule has 0 saturated carbocycles. The fourth-order valence-corrected chi connectivity index (χ4v) is 3.90. The van der Waals surface area contributed by atoms with Gasteiger partial charge in [0, 0.05) is 24.1 Å². The number of fused-ring (bicyclic) bond motifs is 5. The van der Waals surface area contributed by atoms with Crippen molar-refractivity contribution in [2.24, 2.45) is 0 Å². The molecule has 0 aliphatic carbocycles. The molecule has 3 aromatic heterocycles. The van der Waals surface area contributed by atoms with Gasteiger partial charge in [0.25, 0.3) is 11.5 Å². The van der Waals surface area contributed by atoms with Gasteiger partial charge >= 0.3 is 5.16 Å². The molecule has 10 nitrogen and oxygen atoms in total. The second-order valence-electron chi connectivity index (χ2n) is 6.80. The van der Waals surface area contributed by atoms with Crippen molar-refractivity contribution in [1.29, 1.82) is 0 Å². The van der Waals surface area contributed by atoms with Crippen LogP contribution in [0.3, 0.4) is 0 Å². The molecule has 3 aromatic rings. The van der Waals surface area contributed by atoms with E-state index in [1.807, 2.05) is 0 Å². The number of hydrogen-bond donors (Lipinski definition) is 0. The van der Waals surface area contributed by atoms with Crippen LogP contribution in [0.15, 0.2) is 28.3 Å². The molecule has 2 aliphatic heterocycles. The Hall–Kier alpha value is -3.36. The van der Waals surface area contributed by atoms with Crippen LogP contribution in [0.25, 0.3) is 16.9 Å². The summed E-state index contributed by atoms with van der Waals surface area (Å²) in [5.74, 6) is 7.14. The summed E-state index contributed by atoms with van der Waals surface area (Å²) < 4.78 is 20.4. The number of hydrogen-bond acceptors (Lipinski definition) is 7. The molecule has 0 saturated heterocycles. The molecule has 1 atom stereocenters. The molecule has 0 aromatic carbocycles. The summed E-state index contributed by atoms with van der Waals surface area (Å²) in [6.07, 6.45) is 4.10. The molecule has 2 bridgehead atoms. The number of aromatic nitrogens is 5. The third kappa shape index (κ3) is 2.92. The average molecular weight is 424 g/mol. The zero-order valence-electron chi connectivity index (χ0n) is 16.0. The first-order chi connectivity index (χ1) is 14.5. The van der Waals surface area contributed by atoms with Crippen LogP contribution < -0.4 is 15.2 Å². The topological polar surface area (TPSA) is 118 Å². The molecule has 0 radical (unpaired) electrons. The summed E-state index contributed by atoms with van der Waals surface area (Å²) in [6.45, 7) is 0.564. The van der Waals surface area contributed by atoms with Crippen molar-refractivity contribution < 1.29 is 14.1 Å². The van der Waals surface area contributed by atoms with Crippen LogP contribution in [0.5, 0.6) is 5.75 Å². The zero-order chi connectivity index (χ0) is 20.8. The van der Waals surface area contributed by atoms with Gasteiger partial charge in [-0.15, -0.1) is 5.92 Å². The standard InChI is InChI=1S/C19H16N6O4S/c1-30(28)19-20-10-12-16(22-19)25-14-7-6-13-17(21-14)23(15(26)11-29-13)8-4-2-3-5-9-24(25)18(12)27/h6-7,10H,2,4,8-9,11H2,1H3. The molecular weight excluding hydrogens is 408 g/mol. The third-order valence-electron chi connectivity index (χ3n) is 4.90. The molecule has 1 unspecified atom stereocenters. The number of amides is 1. The Morgan fingerprint density at radius 1 is 1.23 bits per heavy atom. The number of pyridine rings is 1. The molecule has 11 heteroatoms. The fraction of sp³-hybridized carbons (Fsp3) is 0.316. The van der Waals surface area contributed by atoms with Gasteiger partial charge in [0.15, 0.2) is 29.6 Å². The summed E-state index contributed by atoms with van der Waals surface area (Å²) in [6, 6.07) is 3.40. The van der Waals surface area contributed by atoms with E-state index in [2.05, 4.69) is 26.8 Å². The maximum atomic E-state index is 13.0. The Kier molecular flexibility index (Phi) is 4.45. The number of nitrogens with zero attached hydrogens (tertiary/aromatic N) is 6. The Bertz CT molecular complexity index is 1300. The smallest absolute Gasteiger partial charge is 0.344 e. The van der Waals surface area contributed by atoms with Crippen molar-refractivity contribution in [3.63, 3.8) is 0 Å². The largest absolute Gasteiger partial charge is 0.609 e. The zero-order valence-corrected chi connectivity index (χ0v) is 16.8. The summed E-state index contributed by atoms with van der Waals surface area (Å²) in [5, 5.41) is 0.378. The van der Waals surface area contributed by atoms with E-state index in [1.54, 1.807) is 17.0 Å². The van der Waals surface area contributed by atoms with Crippen LogP contribution in [0.4, 0.5) is 5.82 Å². The number of carbonyl (C=O) groups excluding carboxylic acids is 1. The van der Waals surface area contributed by atoms with Gasteiger partial charge in [0.2, 0.25) is 0 Å². The number of rotatable bonds is 1. The van der Waals surface area contributed by atoms with E-state index in [-0.39, 0.29) is 40.8 Å². The molecule has 0 N–H and O–H groups in total. The van der Waals surface area contributed by atoms with Gasteiger partial charge in [-0.2, -0.15) is 9.97 Å². The normalized spacial score (nSPS) is 16.6. The first-order valence-corrected chi connectivity index (χ1v) is 10.8. The van der Waals surface area contributed by atoms with Gasteiger partial charge in [0.05, 0.1) is 6.20 Å². The highest BCUT2D eigenvalue weighted by Gasteiger charge is 2.28. The van der Waals surface area contributed by atoms with Gasteiger partial charge in [-0.1, -0.05) is 5.92 Å². The lowest BCUT2D eigenvalue weighted by molar-refractivity contribution is -0.121. The molecule has 30 heavy (non-hydrogen) atoms. The predicted molar refractivity (Wildman–Crippen MR) is 108 cm³/mol. The van der Waals surface area contributed by atoms with E-state index in [9.17, 15) is 14.1 Å². The van der Waals surface area contributed by atoms with Crippen LogP contribution in [-0.2, 0) is 22.5 Å². The maximum Gasteiger partial charge on any atom is 0.344 e. The molecule has 2 aliphatic rings. The van der Waals surface area contributed by atoms with Gasteiger partial charge < -0.3 is 9.29 Å². The molecular formula is C19H16N6O4S. The second-order valence-corrected chi connectivity index (χ2v) is 8.07. The van der Waals surface area contributed by atoms with E-state index in [0.717, 1.165) is 0 Å². The minimum absolute atomic E-state index is 0.0459. The third-order valence-corrected chi connectivity index (χ3v) is 5.61. The lowest BCUT2D eigenvalue weighted by Crippen LogP contribution is -2.40. The lowest BCUT2D eigenvalue weighted by Gasteiger charge is -2.28. The van der Waals surface area contributed by atoms with E-state index in [0.29, 0.717) is 36.8 Å².